The first-order valence-electron chi connectivity index (χ1n) is 12.7. The lowest BCUT2D eigenvalue weighted by molar-refractivity contribution is 0.167. The fourth-order valence-electron chi connectivity index (χ4n) is 4.10. The zero-order chi connectivity index (χ0) is 26.6. The maximum atomic E-state index is 11.1. The standard InChI is InChI=1S/C32H35NO5.ClH/c1-35-31-15-13-24(19-32(31)36-2)17-18-33-21-29(34)28-20-27(37-22-25-9-5-3-6-10-25)14-16-30(28)38-23-26-11-7-4-8-12-26;/h3-16,19-20,29,33-34H,17-18,21-23H2,1-2H3;1H. The molecule has 39 heavy (non-hydrogen) atoms. The second-order valence-corrected chi connectivity index (χ2v) is 8.91. The quantitative estimate of drug-likeness (QED) is 0.184. The molecule has 0 saturated heterocycles. The summed E-state index contributed by atoms with van der Waals surface area (Å²) in [5, 5.41) is 14.5. The Bertz CT molecular complexity index is 1270. The predicted molar refractivity (Wildman–Crippen MR) is 156 cm³/mol. The Morgan fingerprint density at radius 2 is 1.28 bits per heavy atom. The van der Waals surface area contributed by atoms with Gasteiger partial charge in [0.25, 0.3) is 0 Å². The van der Waals surface area contributed by atoms with Crippen LogP contribution >= 0.6 is 12.4 Å². The lowest BCUT2D eigenvalue weighted by Crippen LogP contribution is -2.24. The van der Waals surface area contributed by atoms with Crippen LogP contribution < -0.4 is 24.3 Å². The summed E-state index contributed by atoms with van der Waals surface area (Å²) in [7, 11) is 3.26. The molecule has 0 aliphatic heterocycles. The van der Waals surface area contributed by atoms with E-state index < -0.39 is 6.10 Å². The zero-order valence-electron chi connectivity index (χ0n) is 22.3. The van der Waals surface area contributed by atoms with Crippen molar-refractivity contribution < 1.29 is 24.1 Å². The molecule has 0 bridgehead atoms. The Morgan fingerprint density at radius 3 is 1.92 bits per heavy atom. The van der Waals surface area contributed by atoms with E-state index in [0.717, 1.165) is 23.1 Å². The summed E-state index contributed by atoms with van der Waals surface area (Å²) in [6, 6.07) is 31.5. The Labute approximate surface area is 236 Å². The Balaban J connectivity index is 0.00000420. The third kappa shape index (κ3) is 8.93. The number of benzene rings is 4. The van der Waals surface area contributed by atoms with E-state index in [1.807, 2.05) is 97.1 Å². The highest BCUT2D eigenvalue weighted by molar-refractivity contribution is 5.85. The molecular formula is C32H36ClNO5. The first-order valence-corrected chi connectivity index (χ1v) is 12.7. The van der Waals surface area contributed by atoms with Crippen LogP contribution in [0.2, 0.25) is 0 Å². The number of aliphatic hydroxyl groups excluding tert-OH is 1. The summed E-state index contributed by atoms with van der Waals surface area (Å²) in [6.45, 7) is 1.93. The zero-order valence-corrected chi connectivity index (χ0v) is 23.2. The maximum absolute atomic E-state index is 11.1. The minimum Gasteiger partial charge on any atom is -0.493 e. The van der Waals surface area contributed by atoms with Gasteiger partial charge in [0, 0.05) is 12.1 Å². The molecule has 6 nitrogen and oxygen atoms in total. The second-order valence-electron chi connectivity index (χ2n) is 8.91. The largest absolute Gasteiger partial charge is 0.493 e. The van der Waals surface area contributed by atoms with Crippen molar-refractivity contribution in [2.75, 3.05) is 27.3 Å². The Morgan fingerprint density at radius 1 is 0.667 bits per heavy atom. The van der Waals surface area contributed by atoms with E-state index in [9.17, 15) is 5.11 Å². The van der Waals surface area contributed by atoms with E-state index in [4.69, 9.17) is 18.9 Å². The minimum atomic E-state index is -0.772. The van der Waals surface area contributed by atoms with E-state index in [1.54, 1.807) is 14.2 Å². The molecule has 0 spiro atoms. The number of hydrogen-bond acceptors (Lipinski definition) is 6. The lowest BCUT2D eigenvalue weighted by Gasteiger charge is -2.19. The molecule has 0 amide bonds. The highest BCUT2D eigenvalue weighted by Gasteiger charge is 2.16. The molecule has 0 saturated carbocycles. The minimum absolute atomic E-state index is 0. The average Bonchev–Trinajstić information content (AvgIpc) is 2.98. The molecule has 0 fully saturated rings. The number of hydrogen-bond donors (Lipinski definition) is 2. The fourth-order valence-corrected chi connectivity index (χ4v) is 4.10. The normalized spacial score (nSPS) is 11.3. The van der Waals surface area contributed by atoms with Crippen molar-refractivity contribution in [1.82, 2.24) is 5.32 Å². The number of aliphatic hydroxyl groups is 1. The van der Waals surface area contributed by atoms with Crippen molar-refractivity contribution in [3.63, 3.8) is 0 Å². The third-order valence-electron chi connectivity index (χ3n) is 6.20. The van der Waals surface area contributed by atoms with Crippen LogP contribution in [0.4, 0.5) is 0 Å². The van der Waals surface area contributed by atoms with Crippen molar-refractivity contribution in [3.8, 4) is 23.0 Å². The lowest BCUT2D eigenvalue weighted by atomic mass is 10.1. The maximum Gasteiger partial charge on any atom is 0.160 e. The molecule has 0 radical (unpaired) electrons. The van der Waals surface area contributed by atoms with Crippen molar-refractivity contribution >= 4 is 12.4 Å². The second kappa shape index (κ2) is 15.6. The molecule has 0 aliphatic carbocycles. The van der Waals surface area contributed by atoms with E-state index >= 15 is 0 Å². The van der Waals surface area contributed by atoms with E-state index in [0.29, 0.717) is 54.9 Å². The number of ether oxygens (including phenoxy) is 4. The number of nitrogens with one attached hydrogen (secondary N) is 1. The molecule has 1 unspecified atom stereocenters. The van der Waals surface area contributed by atoms with Crippen LogP contribution in [-0.4, -0.2) is 32.4 Å². The van der Waals surface area contributed by atoms with Gasteiger partial charge < -0.3 is 29.4 Å². The van der Waals surface area contributed by atoms with Gasteiger partial charge in [-0.15, -0.1) is 12.4 Å². The highest BCUT2D eigenvalue weighted by atomic mass is 35.5. The molecule has 206 valence electrons. The van der Waals surface area contributed by atoms with E-state index in [1.165, 1.54) is 0 Å². The van der Waals surface area contributed by atoms with Gasteiger partial charge in [-0.3, -0.25) is 0 Å². The van der Waals surface area contributed by atoms with Gasteiger partial charge >= 0.3 is 0 Å². The molecule has 4 aromatic carbocycles. The predicted octanol–water partition coefficient (Wildman–Crippen LogP) is 6.15. The van der Waals surface area contributed by atoms with Gasteiger partial charge in [-0.05, 0) is 60.0 Å². The van der Waals surface area contributed by atoms with Gasteiger partial charge in [0.2, 0.25) is 0 Å². The number of methoxy groups -OCH3 is 2. The van der Waals surface area contributed by atoms with Crippen LogP contribution in [0.25, 0.3) is 0 Å². The SMILES string of the molecule is COc1ccc(CCNCC(O)c2cc(OCc3ccccc3)ccc2OCc2ccccc2)cc1OC.Cl. The average molecular weight is 550 g/mol. The number of halogens is 1. The first-order chi connectivity index (χ1) is 18.7. The van der Waals surface area contributed by atoms with Gasteiger partial charge in [0.05, 0.1) is 20.3 Å². The molecule has 0 aliphatic rings. The van der Waals surface area contributed by atoms with E-state index in [2.05, 4.69) is 5.32 Å². The van der Waals surface area contributed by atoms with Crippen molar-refractivity contribution in [3.05, 3.63) is 119 Å². The first kappa shape index (κ1) is 29.8. The fraction of sp³-hybridized carbons (Fsp3) is 0.250. The Hall–Kier alpha value is -3.71. The topological polar surface area (TPSA) is 69.2 Å². The molecule has 2 N–H and O–H groups in total. The third-order valence-corrected chi connectivity index (χ3v) is 6.20. The molecule has 4 aromatic rings. The number of rotatable bonds is 14. The molecule has 1 atom stereocenters. The Kier molecular flexibility index (Phi) is 12.0. The summed E-state index contributed by atoms with van der Waals surface area (Å²) in [4.78, 5) is 0. The van der Waals surface area contributed by atoms with Crippen LogP contribution in [0.3, 0.4) is 0 Å². The van der Waals surface area contributed by atoms with Gasteiger partial charge in [-0.2, -0.15) is 0 Å². The van der Waals surface area contributed by atoms with E-state index in [-0.39, 0.29) is 12.4 Å². The van der Waals surface area contributed by atoms with Crippen LogP contribution in [0.15, 0.2) is 97.1 Å². The van der Waals surface area contributed by atoms with Crippen LogP contribution in [0.1, 0.15) is 28.4 Å². The summed E-state index contributed by atoms with van der Waals surface area (Å²) < 4.78 is 22.8. The summed E-state index contributed by atoms with van der Waals surface area (Å²) in [5.41, 5.74) is 3.94. The van der Waals surface area contributed by atoms with Gasteiger partial charge in [0.15, 0.2) is 11.5 Å². The molecule has 0 heterocycles. The van der Waals surface area contributed by atoms with Crippen LogP contribution in [0, 0.1) is 0 Å². The van der Waals surface area contributed by atoms with Crippen molar-refractivity contribution in [2.24, 2.45) is 0 Å². The summed E-state index contributed by atoms with van der Waals surface area (Å²) >= 11 is 0. The molecule has 4 rings (SSSR count). The monoisotopic (exact) mass is 549 g/mol. The smallest absolute Gasteiger partial charge is 0.160 e. The molecular weight excluding hydrogens is 514 g/mol. The van der Waals surface area contributed by atoms with Gasteiger partial charge in [0.1, 0.15) is 24.7 Å². The molecule has 0 aromatic heterocycles. The summed E-state index contributed by atoms with van der Waals surface area (Å²) in [5.74, 6) is 2.73. The van der Waals surface area contributed by atoms with Crippen LogP contribution in [0.5, 0.6) is 23.0 Å². The van der Waals surface area contributed by atoms with Crippen LogP contribution in [-0.2, 0) is 19.6 Å². The van der Waals surface area contributed by atoms with Crippen molar-refractivity contribution in [1.29, 1.82) is 0 Å². The molecule has 7 heteroatoms. The van der Waals surface area contributed by atoms with Gasteiger partial charge in [-0.25, -0.2) is 0 Å². The summed E-state index contributed by atoms with van der Waals surface area (Å²) in [6.07, 6.45) is 0.0106. The van der Waals surface area contributed by atoms with Gasteiger partial charge in [-0.1, -0.05) is 66.7 Å². The highest BCUT2D eigenvalue weighted by Crippen LogP contribution is 2.31. The van der Waals surface area contributed by atoms with Crippen molar-refractivity contribution in [2.45, 2.75) is 25.7 Å².